The standard InChI is InChI=1S/C17H31F3N4O4S/c1-21-16(22-7-2-10-28-15-5-11-27-12-6-15)23-13-14-3-8-24(9-4-14)29(25,26)17(18,19)20/h14-15H,2-13H2,1H3,(H2,21,22,23). The quantitative estimate of drug-likeness (QED) is 0.333. The second-order valence-corrected chi connectivity index (χ2v) is 9.14. The van der Waals surface area contributed by atoms with Crippen LogP contribution in [0.2, 0.25) is 0 Å². The highest BCUT2D eigenvalue weighted by molar-refractivity contribution is 7.90. The van der Waals surface area contributed by atoms with Gasteiger partial charge in [0, 0.05) is 53.0 Å². The summed E-state index contributed by atoms with van der Waals surface area (Å²) in [5.74, 6) is 0.700. The second-order valence-electron chi connectivity index (χ2n) is 7.21. The van der Waals surface area contributed by atoms with Crippen molar-refractivity contribution >= 4 is 16.0 Å². The largest absolute Gasteiger partial charge is 0.511 e. The molecule has 0 bridgehead atoms. The molecule has 29 heavy (non-hydrogen) atoms. The number of ether oxygens (including phenoxy) is 2. The van der Waals surface area contributed by atoms with E-state index in [0.717, 1.165) is 32.5 Å². The molecule has 0 aromatic carbocycles. The number of piperidine rings is 1. The average Bonchev–Trinajstić information content (AvgIpc) is 2.70. The molecule has 0 unspecified atom stereocenters. The number of alkyl halides is 3. The SMILES string of the molecule is CN=C(NCCCOC1CCOCC1)NCC1CCN(S(=O)(=O)C(F)(F)F)CC1. The zero-order valence-electron chi connectivity index (χ0n) is 16.7. The van der Waals surface area contributed by atoms with Gasteiger partial charge in [0.1, 0.15) is 0 Å². The molecule has 0 spiro atoms. The minimum atomic E-state index is -5.24. The van der Waals surface area contributed by atoms with Gasteiger partial charge in [0.15, 0.2) is 5.96 Å². The van der Waals surface area contributed by atoms with Gasteiger partial charge >= 0.3 is 15.5 Å². The van der Waals surface area contributed by atoms with Crippen molar-refractivity contribution in [2.45, 2.75) is 43.7 Å². The first-order valence-electron chi connectivity index (χ1n) is 9.94. The lowest BCUT2D eigenvalue weighted by molar-refractivity contribution is -0.0496. The van der Waals surface area contributed by atoms with Gasteiger partial charge in [0.2, 0.25) is 0 Å². The first-order chi connectivity index (χ1) is 13.7. The van der Waals surface area contributed by atoms with Crippen LogP contribution in [0.25, 0.3) is 0 Å². The van der Waals surface area contributed by atoms with E-state index in [4.69, 9.17) is 9.47 Å². The van der Waals surface area contributed by atoms with Crippen LogP contribution in [0.15, 0.2) is 4.99 Å². The molecule has 2 N–H and O–H groups in total. The maximum Gasteiger partial charge on any atom is 0.511 e. The summed E-state index contributed by atoms with van der Waals surface area (Å²) >= 11 is 0. The highest BCUT2D eigenvalue weighted by atomic mass is 32.2. The van der Waals surface area contributed by atoms with Crippen molar-refractivity contribution in [3.05, 3.63) is 0 Å². The smallest absolute Gasteiger partial charge is 0.381 e. The lowest BCUT2D eigenvalue weighted by atomic mass is 9.98. The number of guanidine groups is 1. The molecule has 2 rings (SSSR count). The van der Waals surface area contributed by atoms with E-state index < -0.39 is 15.5 Å². The summed E-state index contributed by atoms with van der Waals surface area (Å²) in [6.45, 7) is 3.12. The molecule has 2 saturated heterocycles. The normalized spacial score (nSPS) is 21.3. The van der Waals surface area contributed by atoms with Crippen molar-refractivity contribution in [1.29, 1.82) is 0 Å². The van der Waals surface area contributed by atoms with Crippen LogP contribution in [0.1, 0.15) is 32.1 Å². The van der Waals surface area contributed by atoms with Crippen LogP contribution in [0, 0.1) is 5.92 Å². The van der Waals surface area contributed by atoms with Gasteiger partial charge in [0.05, 0.1) is 6.10 Å². The molecule has 0 radical (unpaired) electrons. The van der Waals surface area contributed by atoms with Gasteiger partial charge < -0.3 is 20.1 Å². The van der Waals surface area contributed by atoms with Crippen molar-refractivity contribution in [2.75, 3.05) is 53.0 Å². The summed E-state index contributed by atoms with van der Waals surface area (Å²) in [6.07, 6.45) is 3.70. The van der Waals surface area contributed by atoms with E-state index in [1.807, 2.05) is 0 Å². The predicted octanol–water partition coefficient (Wildman–Crippen LogP) is 1.30. The second kappa shape index (κ2) is 11.3. The Bertz CT molecular complexity index is 617. The molecule has 8 nitrogen and oxygen atoms in total. The number of nitrogens with zero attached hydrogens (tertiary/aromatic N) is 2. The van der Waals surface area contributed by atoms with Crippen LogP contribution < -0.4 is 10.6 Å². The zero-order chi connectivity index (χ0) is 21.3. The molecule has 2 heterocycles. The number of hydrogen-bond donors (Lipinski definition) is 2. The topological polar surface area (TPSA) is 92.3 Å². The average molecular weight is 445 g/mol. The Balaban J connectivity index is 1.60. The van der Waals surface area contributed by atoms with E-state index in [0.29, 0.717) is 42.8 Å². The molecular formula is C17H31F3N4O4S. The number of nitrogens with one attached hydrogen (secondary N) is 2. The summed E-state index contributed by atoms with van der Waals surface area (Å²) in [7, 11) is -3.58. The molecular weight excluding hydrogens is 413 g/mol. The van der Waals surface area contributed by atoms with Gasteiger partial charge in [-0.15, -0.1) is 0 Å². The molecule has 0 atom stereocenters. The lowest BCUT2D eigenvalue weighted by Crippen LogP contribution is -2.47. The first-order valence-corrected chi connectivity index (χ1v) is 11.4. The molecule has 2 aliphatic heterocycles. The van der Waals surface area contributed by atoms with Crippen LogP contribution in [0.4, 0.5) is 13.2 Å². The van der Waals surface area contributed by atoms with Gasteiger partial charge in [-0.25, -0.2) is 8.42 Å². The Morgan fingerprint density at radius 3 is 2.41 bits per heavy atom. The van der Waals surface area contributed by atoms with Crippen LogP contribution in [0.3, 0.4) is 0 Å². The Morgan fingerprint density at radius 1 is 1.17 bits per heavy atom. The van der Waals surface area contributed by atoms with E-state index >= 15 is 0 Å². The summed E-state index contributed by atoms with van der Waals surface area (Å²) in [5.41, 5.74) is -5.24. The van der Waals surface area contributed by atoms with Crippen LogP contribution >= 0.6 is 0 Å². The molecule has 12 heteroatoms. The highest BCUT2D eigenvalue weighted by Gasteiger charge is 2.50. The summed E-state index contributed by atoms with van der Waals surface area (Å²) in [5, 5.41) is 6.33. The first kappa shape index (κ1) is 24.2. The van der Waals surface area contributed by atoms with E-state index in [1.165, 1.54) is 0 Å². The number of sulfonamides is 1. The third kappa shape index (κ3) is 7.58. The number of hydrogen-bond acceptors (Lipinski definition) is 5. The summed E-state index contributed by atoms with van der Waals surface area (Å²) < 4.78 is 72.3. The highest BCUT2D eigenvalue weighted by Crippen LogP contribution is 2.30. The van der Waals surface area contributed by atoms with Gasteiger partial charge in [-0.2, -0.15) is 17.5 Å². The van der Waals surface area contributed by atoms with Gasteiger partial charge in [-0.1, -0.05) is 0 Å². The van der Waals surface area contributed by atoms with Crippen LogP contribution in [0.5, 0.6) is 0 Å². The van der Waals surface area contributed by atoms with Crippen molar-refractivity contribution < 1.29 is 31.1 Å². The number of rotatable bonds is 8. The van der Waals surface area contributed by atoms with Gasteiger partial charge in [-0.05, 0) is 38.0 Å². The lowest BCUT2D eigenvalue weighted by Gasteiger charge is -2.31. The van der Waals surface area contributed by atoms with E-state index in [9.17, 15) is 21.6 Å². The molecule has 0 saturated carbocycles. The predicted molar refractivity (Wildman–Crippen MR) is 103 cm³/mol. The Morgan fingerprint density at radius 2 is 1.83 bits per heavy atom. The molecule has 2 aliphatic rings. The zero-order valence-corrected chi connectivity index (χ0v) is 17.5. The minimum absolute atomic E-state index is 0.0880. The third-order valence-electron chi connectivity index (χ3n) is 5.12. The third-order valence-corrected chi connectivity index (χ3v) is 6.75. The molecule has 0 aliphatic carbocycles. The maximum absolute atomic E-state index is 12.6. The minimum Gasteiger partial charge on any atom is -0.381 e. The fraction of sp³-hybridized carbons (Fsp3) is 0.941. The van der Waals surface area contributed by atoms with E-state index in [-0.39, 0.29) is 25.1 Å². The Hall–Kier alpha value is -1.11. The maximum atomic E-state index is 12.6. The molecule has 170 valence electrons. The van der Waals surface area contributed by atoms with Gasteiger partial charge in [-0.3, -0.25) is 4.99 Å². The van der Waals surface area contributed by atoms with Crippen molar-refractivity contribution in [3.8, 4) is 0 Å². The molecule has 0 aromatic heterocycles. The Labute approximate surface area is 170 Å². The van der Waals surface area contributed by atoms with E-state index in [1.54, 1.807) is 7.05 Å². The molecule has 0 amide bonds. The number of aliphatic imine (C=N–C) groups is 1. The fourth-order valence-electron chi connectivity index (χ4n) is 3.33. The van der Waals surface area contributed by atoms with Crippen molar-refractivity contribution in [3.63, 3.8) is 0 Å². The van der Waals surface area contributed by atoms with Crippen LogP contribution in [-0.2, 0) is 19.5 Å². The Kier molecular flexibility index (Phi) is 9.44. The molecule has 0 aromatic rings. The van der Waals surface area contributed by atoms with Gasteiger partial charge in [0.25, 0.3) is 0 Å². The molecule has 2 fully saturated rings. The van der Waals surface area contributed by atoms with Crippen molar-refractivity contribution in [2.24, 2.45) is 10.9 Å². The number of halogens is 3. The summed E-state index contributed by atoms with van der Waals surface area (Å²) in [6, 6.07) is 0. The van der Waals surface area contributed by atoms with Crippen molar-refractivity contribution in [1.82, 2.24) is 14.9 Å². The monoisotopic (exact) mass is 444 g/mol. The summed E-state index contributed by atoms with van der Waals surface area (Å²) in [4.78, 5) is 4.13. The van der Waals surface area contributed by atoms with E-state index in [2.05, 4.69) is 15.6 Å². The van der Waals surface area contributed by atoms with Crippen LogP contribution in [-0.4, -0.2) is 83.3 Å². The fourth-order valence-corrected chi connectivity index (χ4v) is 4.32.